The minimum atomic E-state index is -3.40. The first-order chi connectivity index (χ1) is 12.0. The van der Waals surface area contributed by atoms with Crippen molar-refractivity contribution in [3.63, 3.8) is 0 Å². The molecule has 25 heavy (non-hydrogen) atoms. The van der Waals surface area contributed by atoms with Gasteiger partial charge in [0.1, 0.15) is 0 Å². The van der Waals surface area contributed by atoms with Crippen LogP contribution in [0.15, 0.2) is 24.3 Å². The van der Waals surface area contributed by atoms with Crippen LogP contribution in [0.5, 0.6) is 0 Å². The number of piperazine rings is 1. The van der Waals surface area contributed by atoms with Crippen molar-refractivity contribution in [1.82, 2.24) is 13.5 Å². The molecule has 1 amide bonds. The first-order valence-corrected chi connectivity index (χ1v) is 11.3. The lowest BCUT2D eigenvalue weighted by Gasteiger charge is -2.36. The molecule has 6 nitrogen and oxygen atoms in total. The number of carbonyl (C=O) groups excluding carboxylic acids is 1. The van der Waals surface area contributed by atoms with E-state index in [1.807, 2.05) is 24.3 Å². The van der Waals surface area contributed by atoms with Crippen LogP contribution in [0.2, 0.25) is 0 Å². The van der Waals surface area contributed by atoms with Crippen LogP contribution in [0.4, 0.5) is 0 Å². The van der Waals surface area contributed by atoms with Crippen molar-refractivity contribution < 1.29 is 13.2 Å². The summed E-state index contributed by atoms with van der Waals surface area (Å²) in [7, 11) is -3.40. The summed E-state index contributed by atoms with van der Waals surface area (Å²) in [6.07, 6.45) is 4.07. The monoisotopic (exact) mass is 477 g/mol. The zero-order valence-electron chi connectivity index (χ0n) is 14.2. The molecule has 0 atom stereocenters. The summed E-state index contributed by atoms with van der Waals surface area (Å²) >= 11 is 2.19. The molecule has 138 valence electrons. The molecule has 0 unspecified atom stereocenters. The highest BCUT2D eigenvalue weighted by atomic mass is 127. The van der Waals surface area contributed by atoms with Gasteiger partial charge in [0.15, 0.2) is 0 Å². The summed E-state index contributed by atoms with van der Waals surface area (Å²) in [5.74, 6) is -0.0228. The maximum Gasteiger partial charge on any atom is 0.282 e. The van der Waals surface area contributed by atoms with Crippen LogP contribution in [0, 0.1) is 3.57 Å². The van der Waals surface area contributed by atoms with Crippen LogP contribution >= 0.6 is 22.6 Å². The van der Waals surface area contributed by atoms with E-state index in [0.29, 0.717) is 44.8 Å². The molecule has 2 fully saturated rings. The molecule has 0 radical (unpaired) electrons. The molecule has 0 N–H and O–H groups in total. The first kappa shape index (κ1) is 19.1. The maximum absolute atomic E-state index is 12.8. The lowest BCUT2D eigenvalue weighted by molar-refractivity contribution is 0.0694. The van der Waals surface area contributed by atoms with Gasteiger partial charge in [-0.2, -0.15) is 17.0 Å². The summed E-state index contributed by atoms with van der Waals surface area (Å²) in [5.41, 5.74) is 0.663. The number of halogens is 1. The van der Waals surface area contributed by atoms with Gasteiger partial charge in [-0.05, 0) is 53.6 Å². The predicted molar refractivity (Wildman–Crippen MR) is 106 cm³/mol. The Balaban J connectivity index is 1.62. The first-order valence-electron chi connectivity index (χ1n) is 8.78. The van der Waals surface area contributed by atoms with Gasteiger partial charge in [0.25, 0.3) is 16.1 Å². The van der Waals surface area contributed by atoms with Gasteiger partial charge < -0.3 is 4.90 Å². The summed E-state index contributed by atoms with van der Waals surface area (Å²) < 4.78 is 29.8. The molecule has 0 saturated carbocycles. The minimum absolute atomic E-state index is 0.0228. The zero-order valence-corrected chi connectivity index (χ0v) is 17.2. The summed E-state index contributed by atoms with van der Waals surface area (Å²) in [5, 5.41) is 0. The van der Waals surface area contributed by atoms with E-state index >= 15 is 0 Å². The third kappa shape index (κ3) is 4.53. The molecular formula is C17H24IN3O3S. The molecule has 1 aromatic rings. The molecule has 3 rings (SSSR count). The number of amides is 1. The van der Waals surface area contributed by atoms with Crippen molar-refractivity contribution in [3.05, 3.63) is 33.4 Å². The van der Waals surface area contributed by atoms with E-state index < -0.39 is 10.2 Å². The second kappa shape index (κ2) is 8.32. The van der Waals surface area contributed by atoms with Crippen LogP contribution in [-0.2, 0) is 10.2 Å². The van der Waals surface area contributed by atoms with Crippen LogP contribution in [0.1, 0.15) is 36.0 Å². The largest absolute Gasteiger partial charge is 0.336 e. The van der Waals surface area contributed by atoms with Crippen molar-refractivity contribution in [1.29, 1.82) is 0 Å². The highest BCUT2D eigenvalue weighted by Gasteiger charge is 2.33. The van der Waals surface area contributed by atoms with E-state index in [2.05, 4.69) is 22.6 Å². The van der Waals surface area contributed by atoms with Crippen molar-refractivity contribution in [2.45, 2.75) is 25.7 Å². The Morgan fingerprint density at radius 1 is 0.880 bits per heavy atom. The van der Waals surface area contributed by atoms with E-state index in [4.69, 9.17) is 0 Å². The van der Waals surface area contributed by atoms with Gasteiger partial charge in [0, 0.05) is 48.4 Å². The quantitative estimate of drug-likeness (QED) is 0.628. The minimum Gasteiger partial charge on any atom is -0.336 e. The third-order valence-corrected chi connectivity index (χ3v) is 7.52. The van der Waals surface area contributed by atoms with E-state index in [-0.39, 0.29) is 5.91 Å². The Morgan fingerprint density at radius 3 is 2.08 bits per heavy atom. The average molecular weight is 477 g/mol. The Bertz CT molecular complexity index is 710. The lowest BCUT2D eigenvalue weighted by atomic mass is 10.2. The topological polar surface area (TPSA) is 60.9 Å². The van der Waals surface area contributed by atoms with Gasteiger partial charge in [0.2, 0.25) is 0 Å². The molecule has 0 aromatic heterocycles. The molecule has 0 spiro atoms. The molecule has 2 saturated heterocycles. The van der Waals surface area contributed by atoms with Crippen molar-refractivity contribution in [2.75, 3.05) is 39.3 Å². The SMILES string of the molecule is O=C(c1cccc(I)c1)N1CCN(S(=O)(=O)N2CCCCCC2)CC1. The normalized spacial score (nSPS) is 21.1. The number of carbonyl (C=O) groups is 1. The second-order valence-electron chi connectivity index (χ2n) is 6.52. The van der Waals surface area contributed by atoms with Gasteiger partial charge in [-0.25, -0.2) is 0 Å². The Hall–Kier alpha value is -0.710. The molecule has 8 heteroatoms. The van der Waals surface area contributed by atoms with Gasteiger partial charge in [-0.15, -0.1) is 0 Å². The summed E-state index contributed by atoms with van der Waals surface area (Å²) in [4.78, 5) is 14.3. The Labute approximate surface area is 163 Å². The fourth-order valence-corrected chi connectivity index (χ4v) is 5.58. The van der Waals surface area contributed by atoms with E-state index in [1.54, 1.807) is 9.21 Å². The van der Waals surface area contributed by atoms with E-state index in [1.165, 1.54) is 4.31 Å². The molecule has 0 aliphatic carbocycles. The zero-order chi connectivity index (χ0) is 17.9. The number of hydrogen-bond donors (Lipinski definition) is 0. The van der Waals surface area contributed by atoms with E-state index in [9.17, 15) is 13.2 Å². The average Bonchev–Trinajstić information content (AvgIpc) is 2.91. The van der Waals surface area contributed by atoms with Gasteiger partial charge in [-0.1, -0.05) is 18.9 Å². The standard InChI is InChI=1S/C17H24IN3O3S/c18-16-7-5-6-15(14-16)17(22)19-10-12-21(13-11-19)25(23,24)20-8-3-1-2-4-9-20/h5-7,14H,1-4,8-13H2. The summed E-state index contributed by atoms with van der Waals surface area (Å²) in [6, 6.07) is 7.49. The molecular weight excluding hydrogens is 453 g/mol. The van der Waals surface area contributed by atoms with Crippen LogP contribution in [0.25, 0.3) is 0 Å². The third-order valence-electron chi connectivity index (χ3n) is 4.82. The van der Waals surface area contributed by atoms with Gasteiger partial charge in [-0.3, -0.25) is 4.79 Å². The van der Waals surface area contributed by atoms with Gasteiger partial charge >= 0.3 is 0 Å². The lowest BCUT2D eigenvalue weighted by Crippen LogP contribution is -2.54. The Kier molecular flexibility index (Phi) is 6.35. The predicted octanol–water partition coefficient (Wildman–Crippen LogP) is 2.17. The highest BCUT2D eigenvalue weighted by molar-refractivity contribution is 14.1. The molecule has 0 bridgehead atoms. The van der Waals surface area contributed by atoms with Crippen LogP contribution in [0.3, 0.4) is 0 Å². The number of rotatable bonds is 3. The van der Waals surface area contributed by atoms with Crippen molar-refractivity contribution >= 4 is 38.7 Å². The van der Waals surface area contributed by atoms with Gasteiger partial charge in [0.05, 0.1) is 0 Å². The second-order valence-corrected chi connectivity index (χ2v) is 9.70. The molecule has 2 aliphatic rings. The molecule has 2 heterocycles. The van der Waals surface area contributed by atoms with Crippen LogP contribution < -0.4 is 0 Å². The fraction of sp³-hybridized carbons (Fsp3) is 0.588. The fourth-order valence-electron chi connectivity index (χ4n) is 3.36. The number of benzene rings is 1. The van der Waals surface area contributed by atoms with Crippen molar-refractivity contribution in [2.24, 2.45) is 0 Å². The molecule has 1 aromatic carbocycles. The van der Waals surface area contributed by atoms with Crippen molar-refractivity contribution in [3.8, 4) is 0 Å². The summed E-state index contributed by atoms with van der Waals surface area (Å²) in [6.45, 7) is 2.85. The maximum atomic E-state index is 12.8. The Morgan fingerprint density at radius 2 is 1.48 bits per heavy atom. The highest BCUT2D eigenvalue weighted by Crippen LogP contribution is 2.19. The number of nitrogens with zero attached hydrogens (tertiary/aromatic N) is 3. The smallest absolute Gasteiger partial charge is 0.282 e. The number of hydrogen-bond acceptors (Lipinski definition) is 3. The molecule has 2 aliphatic heterocycles. The van der Waals surface area contributed by atoms with Crippen LogP contribution in [-0.4, -0.2) is 67.1 Å². The van der Waals surface area contributed by atoms with E-state index in [0.717, 1.165) is 29.3 Å².